The summed E-state index contributed by atoms with van der Waals surface area (Å²) in [7, 11) is 0. The van der Waals surface area contributed by atoms with Gasteiger partial charge in [0.1, 0.15) is 37.6 Å². The molecule has 0 amide bonds. The number of ketones is 2. The Labute approximate surface area is 198 Å². The predicted octanol–water partition coefficient (Wildman–Crippen LogP) is -1.96. The van der Waals surface area contributed by atoms with E-state index in [1.165, 1.54) is 0 Å². The maximum Gasteiger partial charge on any atom is 0.313 e. The number of esters is 2. The van der Waals surface area contributed by atoms with Crippen LogP contribution in [0, 0.1) is 11.8 Å². The Kier molecular flexibility index (Phi) is 12.7. The van der Waals surface area contributed by atoms with Gasteiger partial charge in [-0.3, -0.25) is 19.2 Å². The van der Waals surface area contributed by atoms with Gasteiger partial charge in [0.25, 0.3) is 0 Å². The first-order chi connectivity index (χ1) is 15.9. The quantitative estimate of drug-likeness (QED) is 0.156. The first-order valence-electron chi connectivity index (χ1n) is 11.2. The van der Waals surface area contributed by atoms with Crippen LogP contribution in [-0.4, -0.2) is 117 Å². The van der Waals surface area contributed by atoms with Crippen LogP contribution in [0.1, 0.15) is 40.5 Å². The lowest BCUT2D eigenvalue weighted by molar-refractivity contribution is -0.342. The van der Waals surface area contributed by atoms with Gasteiger partial charge < -0.3 is 29.9 Å². The molecule has 0 aliphatic carbocycles. The van der Waals surface area contributed by atoms with Gasteiger partial charge in [0.2, 0.25) is 0 Å². The standard InChI is InChI=1S/C21H37N3O10/c1-13(2)15(26)11-17(28)33-9-6-23-19(30)22(5-8-25)20(31)24(21(23)32)7-10-34-18(29)12-16(27)14(3)4/h13-14,19-21,25,30-32H,5-12H2,1-4H3. The van der Waals surface area contributed by atoms with E-state index in [-0.39, 0.29) is 56.3 Å². The van der Waals surface area contributed by atoms with Gasteiger partial charge in [-0.2, -0.15) is 0 Å². The molecule has 1 fully saturated rings. The zero-order chi connectivity index (χ0) is 26.0. The highest BCUT2D eigenvalue weighted by Gasteiger charge is 2.44. The predicted molar refractivity (Wildman–Crippen MR) is 116 cm³/mol. The summed E-state index contributed by atoms with van der Waals surface area (Å²) in [6.07, 6.45) is -5.41. The van der Waals surface area contributed by atoms with Crippen molar-refractivity contribution in [2.24, 2.45) is 11.8 Å². The fraction of sp³-hybridized carbons (Fsp3) is 0.810. The van der Waals surface area contributed by atoms with Crippen LogP contribution in [0.5, 0.6) is 0 Å². The molecule has 13 heteroatoms. The number of carbonyl (C=O) groups is 4. The second-order valence-corrected chi connectivity index (χ2v) is 8.51. The first kappa shape index (κ1) is 30.0. The normalized spacial score (nSPS) is 22.2. The van der Waals surface area contributed by atoms with Gasteiger partial charge in [0.05, 0.1) is 6.61 Å². The molecule has 4 N–H and O–H groups in total. The molecule has 1 aliphatic heterocycles. The second kappa shape index (κ2) is 14.4. The van der Waals surface area contributed by atoms with Gasteiger partial charge in [-0.25, -0.2) is 14.7 Å². The summed E-state index contributed by atoms with van der Waals surface area (Å²) in [5.41, 5.74) is 0. The van der Waals surface area contributed by atoms with Crippen LogP contribution < -0.4 is 0 Å². The molecule has 0 aromatic heterocycles. The molecule has 0 spiro atoms. The lowest BCUT2D eigenvalue weighted by atomic mass is 10.1. The molecule has 1 saturated heterocycles. The minimum absolute atomic E-state index is 0.159. The van der Waals surface area contributed by atoms with Crippen LogP contribution in [-0.2, 0) is 28.7 Å². The van der Waals surface area contributed by atoms with Gasteiger partial charge in [-0.1, -0.05) is 27.7 Å². The smallest absolute Gasteiger partial charge is 0.313 e. The van der Waals surface area contributed by atoms with E-state index in [1.54, 1.807) is 27.7 Å². The molecule has 0 aromatic rings. The van der Waals surface area contributed by atoms with Crippen LogP contribution in [0.4, 0.5) is 0 Å². The average molecular weight is 492 g/mol. The molecule has 2 atom stereocenters. The molecule has 1 heterocycles. The van der Waals surface area contributed by atoms with Gasteiger partial charge in [-0.15, -0.1) is 0 Å². The summed E-state index contributed by atoms with van der Waals surface area (Å²) in [5.74, 6) is -2.69. The topological polar surface area (TPSA) is 177 Å². The third-order valence-corrected chi connectivity index (χ3v) is 5.29. The number of aliphatic hydroxyl groups is 4. The highest BCUT2D eigenvalue weighted by atomic mass is 16.5. The minimum atomic E-state index is -1.56. The number of Topliss-reactive ketones (excluding diaryl/α,β-unsaturated/α-hetero) is 2. The Hall–Kier alpha value is -2.00. The monoisotopic (exact) mass is 491 g/mol. The minimum Gasteiger partial charge on any atom is -0.464 e. The molecular weight excluding hydrogens is 454 g/mol. The zero-order valence-corrected chi connectivity index (χ0v) is 20.1. The van der Waals surface area contributed by atoms with Crippen LogP contribution >= 0.6 is 0 Å². The van der Waals surface area contributed by atoms with Crippen LogP contribution in [0.15, 0.2) is 0 Å². The number of aliphatic hydroxyl groups excluding tert-OH is 4. The summed E-state index contributed by atoms with van der Waals surface area (Å²) in [6.45, 7) is 5.20. The zero-order valence-electron chi connectivity index (χ0n) is 20.1. The molecule has 0 aromatic carbocycles. The van der Waals surface area contributed by atoms with E-state index in [9.17, 15) is 39.6 Å². The number of hydrogen-bond donors (Lipinski definition) is 4. The van der Waals surface area contributed by atoms with Crippen molar-refractivity contribution in [1.29, 1.82) is 0 Å². The average Bonchev–Trinajstić information content (AvgIpc) is 2.75. The Morgan fingerprint density at radius 2 is 1.00 bits per heavy atom. The van der Waals surface area contributed by atoms with Crippen LogP contribution in [0.3, 0.4) is 0 Å². The number of ether oxygens (including phenoxy) is 2. The third kappa shape index (κ3) is 8.98. The molecule has 0 saturated carbocycles. The summed E-state index contributed by atoms with van der Waals surface area (Å²) in [5, 5.41) is 41.0. The van der Waals surface area contributed by atoms with Gasteiger partial charge in [0, 0.05) is 31.5 Å². The maximum absolute atomic E-state index is 11.8. The molecule has 1 aliphatic rings. The van der Waals surface area contributed by atoms with E-state index >= 15 is 0 Å². The van der Waals surface area contributed by atoms with Crippen molar-refractivity contribution < 1.29 is 49.1 Å². The van der Waals surface area contributed by atoms with Gasteiger partial charge in [-0.05, 0) is 0 Å². The fourth-order valence-corrected chi connectivity index (χ4v) is 3.06. The molecule has 0 bridgehead atoms. The van der Waals surface area contributed by atoms with Gasteiger partial charge >= 0.3 is 11.9 Å². The second-order valence-electron chi connectivity index (χ2n) is 8.51. The number of β-amino-alcohol motifs (C(OH)–C–C–N with tert-alkyl or cyclic N) is 1. The highest BCUT2D eigenvalue weighted by molar-refractivity contribution is 5.96. The Morgan fingerprint density at radius 1 is 0.676 bits per heavy atom. The van der Waals surface area contributed by atoms with E-state index in [2.05, 4.69) is 0 Å². The largest absolute Gasteiger partial charge is 0.464 e. The molecule has 34 heavy (non-hydrogen) atoms. The van der Waals surface area contributed by atoms with Crippen LogP contribution in [0.25, 0.3) is 0 Å². The lowest BCUT2D eigenvalue weighted by Crippen LogP contribution is -2.72. The number of hydrogen-bond acceptors (Lipinski definition) is 13. The maximum atomic E-state index is 11.8. The van der Waals surface area contributed by atoms with Crippen molar-refractivity contribution in [3.05, 3.63) is 0 Å². The molecule has 2 unspecified atom stereocenters. The summed E-state index contributed by atoms with van der Waals surface area (Å²) < 4.78 is 10.0. The summed E-state index contributed by atoms with van der Waals surface area (Å²) in [4.78, 5) is 50.2. The summed E-state index contributed by atoms with van der Waals surface area (Å²) >= 11 is 0. The van der Waals surface area contributed by atoms with E-state index in [0.717, 1.165) is 14.7 Å². The molecular formula is C21H37N3O10. The van der Waals surface area contributed by atoms with Crippen molar-refractivity contribution in [2.75, 3.05) is 39.5 Å². The third-order valence-electron chi connectivity index (χ3n) is 5.29. The van der Waals surface area contributed by atoms with E-state index in [1.807, 2.05) is 0 Å². The van der Waals surface area contributed by atoms with E-state index in [4.69, 9.17) is 9.47 Å². The van der Waals surface area contributed by atoms with Crippen molar-refractivity contribution in [2.45, 2.75) is 59.6 Å². The highest BCUT2D eigenvalue weighted by Crippen LogP contribution is 2.22. The number of rotatable bonds is 14. The van der Waals surface area contributed by atoms with Crippen molar-refractivity contribution >= 4 is 23.5 Å². The number of nitrogens with zero attached hydrogens (tertiary/aromatic N) is 3. The Morgan fingerprint density at radius 3 is 1.29 bits per heavy atom. The van der Waals surface area contributed by atoms with E-state index < -0.39 is 50.4 Å². The molecule has 196 valence electrons. The lowest BCUT2D eigenvalue weighted by Gasteiger charge is -2.51. The molecule has 1 rings (SSSR count). The van der Waals surface area contributed by atoms with Crippen molar-refractivity contribution in [3.8, 4) is 0 Å². The summed E-state index contributed by atoms with van der Waals surface area (Å²) in [6, 6.07) is 0. The first-order valence-corrected chi connectivity index (χ1v) is 11.2. The Balaban J connectivity index is 2.73. The molecule has 0 radical (unpaired) electrons. The van der Waals surface area contributed by atoms with Crippen molar-refractivity contribution in [3.63, 3.8) is 0 Å². The SMILES string of the molecule is CC(C)C(=O)CC(=O)OCCN1C(O)N(CCO)C(O)N(CCOC(=O)CC(=O)C(C)C)C1O. The van der Waals surface area contributed by atoms with Crippen LogP contribution in [0.2, 0.25) is 0 Å². The Bertz CT molecular complexity index is 648. The van der Waals surface area contributed by atoms with Crippen molar-refractivity contribution in [1.82, 2.24) is 14.7 Å². The fourth-order valence-electron chi connectivity index (χ4n) is 3.06. The van der Waals surface area contributed by atoms with E-state index in [0.29, 0.717) is 0 Å². The van der Waals surface area contributed by atoms with Gasteiger partial charge in [0.15, 0.2) is 19.1 Å². The number of carbonyl (C=O) groups excluding carboxylic acids is 4. The molecule has 13 nitrogen and oxygen atoms in total.